The molecule has 0 unspecified atom stereocenters. The minimum Gasteiger partial charge on any atom is -0.324 e. The first-order valence-electron chi connectivity index (χ1n) is 9.87. The number of hydrogen-bond acceptors (Lipinski definition) is 6. The Morgan fingerprint density at radius 3 is 2.32 bits per heavy atom. The molecule has 0 fully saturated rings. The Morgan fingerprint density at radius 2 is 1.71 bits per heavy atom. The van der Waals surface area contributed by atoms with Crippen LogP contribution in [-0.4, -0.2) is 30.6 Å². The molecule has 0 radical (unpaired) electrons. The van der Waals surface area contributed by atoms with Gasteiger partial charge in [0.1, 0.15) is 5.15 Å². The van der Waals surface area contributed by atoms with Gasteiger partial charge in [0.25, 0.3) is 0 Å². The van der Waals surface area contributed by atoms with Gasteiger partial charge in [0.2, 0.25) is 11.9 Å². The van der Waals surface area contributed by atoms with Gasteiger partial charge < -0.3 is 10.6 Å². The molecule has 0 aliphatic rings. The molecule has 0 aliphatic carbocycles. The number of amides is 1. The predicted octanol–water partition coefficient (Wildman–Crippen LogP) is 4.87. The summed E-state index contributed by atoms with van der Waals surface area (Å²) in [5.41, 5.74) is 1.86. The van der Waals surface area contributed by atoms with E-state index in [9.17, 15) is 18.0 Å². The summed E-state index contributed by atoms with van der Waals surface area (Å²) < 4.78 is 40.5. The zero-order valence-electron chi connectivity index (χ0n) is 17.6. The van der Waals surface area contributed by atoms with Crippen LogP contribution in [0, 0.1) is 0 Å². The second-order valence-corrected chi connectivity index (χ2v) is 7.66. The monoisotopic (exact) mass is 487 g/mol. The summed E-state index contributed by atoms with van der Waals surface area (Å²) in [6.45, 7) is 0. The fraction of sp³-hybridized carbons (Fsp3) is 0.136. The van der Waals surface area contributed by atoms with Gasteiger partial charge in [0.15, 0.2) is 0 Å². The van der Waals surface area contributed by atoms with E-state index in [0.29, 0.717) is 11.5 Å². The van der Waals surface area contributed by atoms with Crippen molar-refractivity contribution in [1.29, 1.82) is 0 Å². The average Bonchev–Trinajstić information content (AvgIpc) is 3.20. The maximum absolute atomic E-state index is 13.0. The second-order valence-electron chi connectivity index (χ2n) is 7.31. The molecule has 0 saturated heterocycles. The van der Waals surface area contributed by atoms with Crippen LogP contribution < -0.4 is 10.6 Å². The Morgan fingerprint density at radius 1 is 1.00 bits per heavy atom. The molecule has 0 aliphatic heterocycles. The fourth-order valence-electron chi connectivity index (χ4n) is 3.08. The molecular weight excluding hydrogens is 471 g/mol. The molecule has 8 nitrogen and oxygen atoms in total. The van der Waals surface area contributed by atoms with Crippen molar-refractivity contribution in [3.63, 3.8) is 0 Å². The molecule has 3 aromatic heterocycles. The molecular formula is C22H17ClF3N7O. The van der Waals surface area contributed by atoms with Crippen LogP contribution in [0.4, 0.5) is 30.5 Å². The SMILES string of the molecule is Cn1cc(Nc2ncc(-c3ccc(CC(=O)Nc4cnc(Cl)c(C(F)(F)F)c4)cc3)cn2)cn1. The highest BCUT2D eigenvalue weighted by atomic mass is 35.5. The third-order valence-corrected chi connectivity index (χ3v) is 4.99. The van der Waals surface area contributed by atoms with Crippen molar-refractivity contribution in [3.8, 4) is 11.1 Å². The largest absolute Gasteiger partial charge is 0.419 e. The van der Waals surface area contributed by atoms with Gasteiger partial charge in [-0.25, -0.2) is 15.0 Å². The molecule has 3 heterocycles. The normalized spacial score (nSPS) is 11.3. The van der Waals surface area contributed by atoms with Crippen LogP contribution in [0.2, 0.25) is 5.15 Å². The van der Waals surface area contributed by atoms with Crippen LogP contribution in [0.5, 0.6) is 0 Å². The van der Waals surface area contributed by atoms with Crippen molar-refractivity contribution < 1.29 is 18.0 Å². The third-order valence-electron chi connectivity index (χ3n) is 4.69. The molecule has 174 valence electrons. The van der Waals surface area contributed by atoms with Gasteiger partial charge in [0.05, 0.1) is 35.8 Å². The summed E-state index contributed by atoms with van der Waals surface area (Å²) in [5.74, 6) is -0.0606. The van der Waals surface area contributed by atoms with Crippen molar-refractivity contribution in [3.05, 3.63) is 77.6 Å². The molecule has 0 atom stereocenters. The number of halogens is 4. The van der Waals surface area contributed by atoms with Crippen LogP contribution in [0.15, 0.2) is 61.3 Å². The topological polar surface area (TPSA) is 97.6 Å². The first kappa shape index (κ1) is 23.2. The van der Waals surface area contributed by atoms with E-state index in [1.807, 2.05) is 0 Å². The van der Waals surface area contributed by atoms with Crippen LogP contribution in [0.1, 0.15) is 11.1 Å². The van der Waals surface area contributed by atoms with Gasteiger partial charge in [-0.2, -0.15) is 18.3 Å². The number of alkyl halides is 3. The van der Waals surface area contributed by atoms with E-state index in [1.165, 1.54) is 0 Å². The number of rotatable bonds is 6. The van der Waals surface area contributed by atoms with Gasteiger partial charge in [-0.1, -0.05) is 35.9 Å². The lowest BCUT2D eigenvalue weighted by molar-refractivity contribution is -0.137. The van der Waals surface area contributed by atoms with Gasteiger partial charge >= 0.3 is 6.18 Å². The first-order chi connectivity index (χ1) is 16.2. The van der Waals surface area contributed by atoms with E-state index in [-0.39, 0.29) is 12.1 Å². The molecule has 0 bridgehead atoms. The second kappa shape index (κ2) is 9.48. The molecule has 4 aromatic rings. The molecule has 1 amide bonds. The molecule has 1 aromatic carbocycles. The number of anilines is 3. The number of nitrogens with zero attached hydrogens (tertiary/aromatic N) is 5. The van der Waals surface area contributed by atoms with Crippen LogP contribution in [0.3, 0.4) is 0 Å². The molecule has 0 spiro atoms. The van der Waals surface area contributed by atoms with Crippen LogP contribution in [0.25, 0.3) is 11.1 Å². The van der Waals surface area contributed by atoms with Crippen LogP contribution in [-0.2, 0) is 24.4 Å². The summed E-state index contributed by atoms with van der Waals surface area (Å²) in [4.78, 5) is 24.4. The summed E-state index contributed by atoms with van der Waals surface area (Å²) in [7, 11) is 1.81. The number of aryl methyl sites for hydroxylation is 1. The first-order valence-corrected chi connectivity index (χ1v) is 10.2. The minimum absolute atomic E-state index is 0.0330. The van der Waals surface area contributed by atoms with E-state index in [0.717, 1.165) is 29.1 Å². The van der Waals surface area contributed by atoms with E-state index in [4.69, 9.17) is 11.6 Å². The zero-order chi connectivity index (χ0) is 24.3. The molecule has 12 heteroatoms. The summed E-state index contributed by atoms with van der Waals surface area (Å²) in [6, 6.07) is 7.86. The van der Waals surface area contributed by atoms with E-state index < -0.39 is 22.8 Å². The summed E-state index contributed by atoms with van der Waals surface area (Å²) >= 11 is 5.50. The Hall–Kier alpha value is -3.99. The Balaban J connectivity index is 1.37. The number of hydrogen-bond donors (Lipinski definition) is 2. The molecule has 0 saturated carbocycles. The van der Waals surface area contributed by atoms with E-state index in [2.05, 4.69) is 30.7 Å². The molecule has 4 rings (SSSR count). The standard InChI is InChI=1S/C22H17ClF3N7O/c1-33-12-17(11-30-33)32-21-28-8-15(9-29-21)14-4-2-13(3-5-14)6-19(34)31-16-7-18(22(24,25)26)20(23)27-10-16/h2-5,7-12H,6H2,1H3,(H,31,34)(H,28,29,32). The lowest BCUT2D eigenvalue weighted by Gasteiger charge is -2.11. The van der Waals surface area contributed by atoms with Crippen molar-refractivity contribution in [2.24, 2.45) is 7.05 Å². The highest BCUT2D eigenvalue weighted by Gasteiger charge is 2.34. The highest BCUT2D eigenvalue weighted by molar-refractivity contribution is 6.30. The molecule has 2 N–H and O–H groups in total. The van der Waals surface area contributed by atoms with Gasteiger partial charge in [-0.05, 0) is 17.2 Å². The quantitative estimate of drug-likeness (QED) is 0.377. The minimum atomic E-state index is -4.67. The lowest BCUT2D eigenvalue weighted by atomic mass is 10.0. The maximum atomic E-state index is 13.0. The molecule has 34 heavy (non-hydrogen) atoms. The predicted molar refractivity (Wildman–Crippen MR) is 121 cm³/mol. The van der Waals surface area contributed by atoms with Crippen molar-refractivity contribution in [2.45, 2.75) is 12.6 Å². The highest BCUT2D eigenvalue weighted by Crippen LogP contribution is 2.34. The van der Waals surface area contributed by atoms with E-state index in [1.54, 1.807) is 60.8 Å². The number of carbonyl (C=O) groups is 1. The zero-order valence-corrected chi connectivity index (χ0v) is 18.4. The third kappa shape index (κ3) is 5.67. The number of pyridine rings is 1. The maximum Gasteiger partial charge on any atom is 0.419 e. The Bertz CT molecular complexity index is 1310. The van der Waals surface area contributed by atoms with Crippen molar-refractivity contribution in [2.75, 3.05) is 10.6 Å². The number of aromatic nitrogens is 5. The van der Waals surface area contributed by atoms with Gasteiger partial charge in [-0.3, -0.25) is 9.48 Å². The fourth-order valence-corrected chi connectivity index (χ4v) is 3.29. The van der Waals surface area contributed by atoms with Crippen molar-refractivity contribution >= 4 is 34.8 Å². The van der Waals surface area contributed by atoms with E-state index >= 15 is 0 Å². The van der Waals surface area contributed by atoms with Gasteiger partial charge in [-0.15, -0.1) is 0 Å². The summed E-state index contributed by atoms with van der Waals surface area (Å²) in [6.07, 6.45) is 3.16. The number of nitrogens with one attached hydrogen (secondary N) is 2. The van der Waals surface area contributed by atoms with Gasteiger partial charge in [0, 0.05) is 31.2 Å². The Labute approximate surface area is 196 Å². The Kier molecular flexibility index (Phi) is 6.46. The number of benzene rings is 1. The summed E-state index contributed by atoms with van der Waals surface area (Å²) in [5, 5.41) is 8.84. The lowest BCUT2D eigenvalue weighted by Crippen LogP contribution is -2.16. The number of carbonyl (C=O) groups excluding carboxylic acids is 1. The average molecular weight is 488 g/mol. The van der Waals surface area contributed by atoms with Crippen LogP contribution >= 0.6 is 11.6 Å². The van der Waals surface area contributed by atoms with Crippen molar-refractivity contribution in [1.82, 2.24) is 24.7 Å². The smallest absolute Gasteiger partial charge is 0.324 e.